The molecule has 0 amide bonds. The third kappa shape index (κ3) is 5.93. The molecule has 9 heteroatoms. The van der Waals surface area contributed by atoms with Gasteiger partial charge in [0.25, 0.3) is 0 Å². The van der Waals surface area contributed by atoms with Crippen molar-refractivity contribution in [3.05, 3.63) is 53.7 Å². The van der Waals surface area contributed by atoms with E-state index in [4.69, 9.17) is 13.9 Å². The summed E-state index contributed by atoms with van der Waals surface area (Å²) in [5.41, 5.74) is 1.85. The minimum Gasteiger partial charge on any atom is -0.497 e. The van der Waals surface area contributed by atoms with Gasteiger partial charge < -0.3 is 13.9 Å². The quantitative estimate of drug-likeness (QED) is 0.386. The lowest BCUT2D eigenvalue weighted by atomic mass is 10.2. The molecule has 0 aliphatic rings. The summed E-state index contributed by atoms with van der Waals surface area (Å²) < 4.78 is 16.6. The van der Waals surface area contributed by atoms with Crippen molar-refractivity contribution in [2.24, 2.45) is 0 Å². The lowest BCUT2D eigenvalue weighted by Crippen LogP contribution is -2.00. The molecule has 3 rings (SSSR count). The van der Waals surface area contributed by atoms with Crippen molar-refractivity contribution >= 4 is 11.8 Å². The van der Waals surface area contributed by atoms with E-state index in [9.17, 15) is 0 Å². The van der Waals surface area contributed by atoms with Crippen molar-refractivity contribution < 1.29 is 13.9 Å². The van der Waals surface area contributed by atoms with Crippen molar-refractivity contribution in [2.45, 2.75) is 19.1 Å². The van der Waals surface area contributed by atoms with Crippen LogP contribution >= 0.6 is 11.8 Å². The molecule has 0 aliphatic carbocycles. The molecular weight excluding hydrogens is 378 g/mol. The molecule has 0 atom stereocenters. The minimum atomic E-state index is 0.574. The average Bonchev–Trinajstić information content (AvgIpc) is 3.36. The number of methoxy groups -OCH3 is 1. The number of rotatable bonds is 11. The molecular formula is C19H23N5O3S. The van der Waals surface area contributed by atoms with E-state index < -0.39 is 0 Å². The Morgan fingerprint density at radius 2 is 2.07 bits per heavy atom. The Morgan fingerprint density at radius 1 is 1.21 bits per heavy atom. The van der Waals surface area contributed by atoms with E-state index in [1.807, 2.05) is 37.3 Å². The second-order valence-corrected chi connectivity index (χ2v) is 6.92. The number of ether oxygens (including phenoxy) is 2. The van der Waals surface area contributed by atoms with Crippen LogP contribution in [0.15, 0.2) is 40.8 Å². The highest BCUT2D eigenvalue weighted by molar-refractivity contribution is 7.98. The predicted molar refractivity (Wildman–Crippen MR) is 107 cm³/mol. The van der Waals surface area contributed by atoms with Gasteiger partial charge in [-0.1, -0.05) is 17.4 Å². The molecule has 3 aromatic rings. The monoisotopic (exact) mass is 401 g/mol. The maximum atomic E-state index is 5.79. The zero-order chi connectivity index (χ0) is 19.6. The molecule has 0 fully saturated rings. The number of hydrogen-bond donors (Lipinski definition) is 1. The number of benzene rings is 1. The summed E-state index contributed by atoms with van der Waals surface area (Å²) in [5, 5.41) is 13.8. The molecule has 1 N–H and O–H groups in total. The van der Waals surface area contributed by atoms with Crippen molar-refractivity contribution in [3.63, 3.8) is 0 Å². The standard InChI is InChI=1S/C19H23N5O3S/c1-14-17(20-19(27-14)15-5-7-16(25-2)8-6-15)9-11-26-10-3-4-12-28-13-18-21-23-24-22-18/h3-8H,9-13H2,1-2H3,(H,21,22,23,24)/b4-3+. The lowest BCUT2D eigenvalue weighted by Gasteiger charge is -2.00. The second-order valence-electron chi connectivity index (χ2n) is 5.89. The highest BCUT2D eigenvalue weighted by atomic mass is 32.2. The van der Waals surface area contributed by atoms with Gasteiger partial charge in [0, 0.05) is 17.7 Å². The molecule has 0 saturated carbocycles. The van der Waals surface area contributed by atoms with E-state index in [-0.39, 0.29) is 0 Å². The van der Waals surface area contributed by atoms with Crippen molar-refractivity contribution in [2.75, 3.05) is 26.1 Å². The van der Waals surface area contributed by atoms with Gasteiger partial charge in [-0.3, -0.25) is 0 Å². The Balaban J connectivity index is 1.35. The van der Waals surface area contributed by atoms with Crippen LogP contribution < -0.4 is 4.74 Å². The van der Waals surface area contributed by atoms with Gasteiger partial charge in [-0.05, 0) is 31.2 Å². The summed E-state index contributed by atoms with van der Waals surface area (Å²) >= 11 is 1.72. The summed E-state index contributed by atoms with van der Waals surface area (Å²) in [5.74, 6) is 4.58. The average molecular weight is 401 g/mol. The van der Waals surface area contributed by atoms with Gasteiger partial charge in [0.05, 0.1) is 31.8 Å². The molecule has 0 spiro atoms. The third-order valence-corrected chi connectivity index (χ3v) is 4.82. The van der Waals surface area contributed by atoms with Crippen LogP contribution in [0.1, 0.15) is 17.3 Å². The Hall–Kier alpha value is -2.65. The normalized spacial score (nSPS) is 11.4. The van der Waals surface area contributed by atoms with Gasteiger partial charge in [0.15, 0.2) is 5.82 Å². The Kier molecular flexibility index (Phi) is 7.62. The first-order chi connectivity index (χ1) is 13.8. The maximum absolute atomic E-state index is 5.79. The topological polar surface area (TPSA) is 99.0 Å². The van der Waals surface area contributed by atoms with Crippen LogP contribution in [-0.4, -0.2) is 51.7 Å². The molecule has 2 heterocycles. The molecule has 0 saturated heterocycles. The fourth-order valence-corrected chi connectivity index (χ4v) is 3.13. The number of nitrogens with zero attached hydrogens (tertiary/aromatic N) is 4. The Labute approximate surface area is 167 Å². The first-order valence-corrected chi connectivity index (χ1v) is 10.0. The van der Waals surface area contributed by atoms with E-state index in [1.165, 1.54) is 0 Å². The zero-order valence-corrected chi connectivity index (χ0v) is 16.7. The highest BCUT2D eigenvalue weighted by Crippen LogP contribution is 2.24. The van der Waals surface area contributed by atoms with Crippen molar-refractivity contribution in [3.8, 4) is 17.2 Å². The summed E-state index contributed by atoms with van der Waals surface area (Å²) in [7, 11) is 1.65. The van der Waals surface area contributed by atoms with Gasteiger partial charge in [-0.25, -0.2) is 4.98 Å². The van der Waals surface area contributed by atoms with Crippen LogP contribution in [0, 0.1) is 6.92 Å². The maximum Gasteiger partial charge on any atom is 0.226 e. The van der Waals surface area contributed by atoms with E-state index in [1.54, 1.807) is 18.9 Å². The summed E-state index contributed by atoms with van der Waals surface area (Å²) in [6, 6.07) is 7.66. The molecule has 0 unspecified atom stereocenters. The Morgan fingerprint density at radius 3 is 2.82 bits per heavy atom. The summed E-state index contributed by atoms with van der Waals surface area (Å²) in [6.07, 6.45) is 4.81. The fourth-order valence-electron chi connectivity index (χ4n) is 2.44. The van der Waals surface area contributed by atoms with E-state index in [0.29, 0.717) is 31.3 Å². The number of oxazole rings is 1. The number of aromatic amines is 1. The van der Waals surface area contributed by atoms with Crippen molar-refractivity contribution in [1.82, 2.24) is 25.6 Å². The SMILES string of the molecule is COc1ccc(-c2nc(CCOC/C=C/CSCc3nn[nH]n3)c(C)o2)cc1. The number of nitrogens with one attached hydrogen (secondary N) is 1. The number of H-pyrrole nitrogens is 1. The van der Waals surface area contributed by atoms with Gasteiger partial charge >= 0.3 is 0 Å². The van der Waals surface area contributed by atoms with Crippen LogP contribution in [-0.2, 0) is 16.9 Å². The lowest BCUT2D eigenvalue weighted by molar-refractivity contribution is 0.165. The molecule has 8 nitrogen and oxygen atoms in total. The van der Waals surface area contributed by atoms with Gasteiger partial charge in [0.2, 0.25) is 5.89 Å². The van der Waals surface area contributed by atoms with Crippen molar-refractivity contribution in [1.29, 1.82) is 0 Å². The predicted octanol–water partition coefficient (Wildman–Crippen LogP) is 3.22. The number of aryl methyl sites for hydroxylation is 1. The van der Waals surface area contributed by atoms with E-state index >= 15 is 0 Å². The second kappa shape index (κ2) is 10.6. The van der Waals surface area contributed by atoms with Gasteiger partial charge in [0.1, 0.15) is 11.5 Å². The highest BCUT2D eigenvalue weighted by Gasteiger charge is 2.11. The Bertz CT molecular complexity index is 862. The number of hydrogen-bond acceptors (Lipinski definition) is 8. The zero-order valence-electron chi connectivity index (χ0n) is 15.9. The molecule has 0 aliphatic heterocycles. The molecule has 2 aromatic heterocycles. The number of thioether (sulfide) groups is 1. The number of tetrazole rings is 1. The molecule has 0 bridgehead atoms. The molecule has 1 aromatic carbocycles. The van der Waals surface area contributed by atoms with E-state index in [0.717, 1.165) is 34.3 Å². The number of aromatic nitrogens is 5. The van der Waals surface area contributed by atoms with Crippen LogP contribution in [0.25, 0.3) is 11.5 Å². The summed E-state index contributed by atoms with van der Waals surface area (Å²) in [6.45, 7) is 3.09. The molecule has 28 heavy (non-hydrogen) atoms. The largest absolute Gasteiger partial charge is 0.497 e. The third-order valence-electron chi connectivity index (χ3n) is 3.93. The smallest absolute Gasteiger partial charge is 0.226 e. The van der Waals surface area contributed by atoms with Gasteiger partial charge in [-0.15, -0.1) is 22.0 Å². The minimum absolute atomic E-state index is 0.574. The fraction of sp³-hybridized carbons (Fsp3) is 0.368. The molecule has 0 radical (unpaired) electrons. The van der Waals surface area contributed by atoms with Crippen LogP contribution in [0.2, 0.25) is 0 Å². The summed E-state index contributed by atoms with van der Waals surface area (Å²) in [4.78, 5) is 4.59. The molecule has 148 valence electrons. The van der Waals surface area contributed by atoms with E-state index in [2.05, 4.69) is 31.7 Å². The van der Waals surface area contributed by atoms with Crippen LogP contribution in [0.5, 0.6) is 5.75 Å². The van der Waals surface area contributed by atoms with Gasteiger partial charge in [-0.2, -0.15) is 5.21 Å². The first-order valence-electron chi connectivity index (χ1n) is 8.90. The van der Waals surface area contributed by atoms with Crippen LogP contribution in [0.3, 0.4) is 0 Å². The first kappa shape index (κ1) is 20.1. The van der Waals surface area contributed by atoms with Crippen LogP contribution in [0.4, 0.5) is 0 Å².